The summed E-state index contributed by atoms with van der Waals surface area (Å²) in [6, 6.07) is 3.89. The first-order chi connectivity index (χ1) is 22.0. The number of alkyl halides is 9. The molecule has 2 atom stereocenters. The number of pyridine rings is 1. The first-order valence-corrected chi connectivity index (χ1v) is 14.6. The quantitative estimate of drug-likeness (QED) is 0.256. The monoisotopic (exact) mass is 676 g/mol. The number of ether oxygens (including phenoxy) is 1. The van der Waals surface area contributed by atoms with Gasteiger partial charge < -0.3 is 20.1 Å². The Hall–Kier alpha value is -4.21. The van der Waals surface area contributed by atoms with Crippen LogP contribution in [0.25, 0.3) is 0 Å². The second kappa shape index (κ2) is 12.8. The molecule has 7 nitrogen and oxygen atoms in total. The minimum Gasteiger partial charge on any atom is -0.465 e. The van der Waals surface area contributed by atoms with Gasteiger partial charge in [0.15, 0.2) is 0 Å². The molecule has 2 aromatic carbocycles. The molecule has 0 unspecified atom stereocenters. The van der Waals surface area contributed by atoms with Crippen LogP contribution in [-0.4, -0.2) is 48.5 Å². The number of benzene rings is 2. The fraction of sp³-hybridized carbons (Fsp3) is 0.419. The van der Waals surface area contributed by atoms with Crippen LogP contribution >= 0.6 is 0 Å². The van der Waals surface area contributed by atoms with Gasteiger partial charge in [0.1, 0.15) is 5.82 Å². The molecule has 1 aromatic heterocycles. The van der Waals surface area contributed by atoms with Crippen molar-refractivity contribution in [3.05, 3.63) is 82.0 Å². The average molecular weight is 677 g/mol. The van der Waals surface area contributed by atoms with Gasteiger partial charge in [-0.1, -0.05) is 6.92 Å². The maximum atomic E-state index is 13.7. The minimum atomic E-state index is -5.07. The van der Waals surface area contributed by atoms with E-state index in [-0.39, 0.29) is 40.7 Å². The molecule has 3 heterocycles. The molecule has 2 aliphatic heterocycles. The number of hydrogen-bond acceptors (Lipinski definition) is 5. The Morgan fingerprint density at radius 2 is 1.53 bits per heavy atom. The van der Waals surface area contributed by atoms with Crippen LogP contribution in [0.3, 0.4) is 0 Å². The van der Waals surface area contributed by atoms with Crippen molar-refractivity contribution in [1.82, 2.24) is 4.98 Å². The van der Waals surface area contributed by atoms with Crippen LogP contribution in [0.2, 0.25) is 0 Å². The van der Waals surface area contributed by atoms with Crippen LogP contribution in [0, 0.1) is 0 Å². The second-order valence-electron chi connectivity index (χ2n) is 11.3. The number of carbonyl (C=O) groups is 1. The average Bonchev–Trinajstić information content (AvgIpc) is 3.00. The summed E-state index contributed by atoms with van der Waals surface area (Å²) in [5, 5.41) is 13.0. The summed E-state index contributed by atoms with van der Waals surface area (Å²) < 4.78 is 128. The Balaban J connectivity index is 1.61. The molecular formula is C31H29F9N4O3. The van der Waals surface area contributed by atoms with Crippen LogP contribution in [0.5, 0.6) is 0 Å². The van der Waals surface area contributed by atoms with Crippen LogP contribution in [0.4, 0.5) is 61.5 Å². The van der Waals surface area contributed by atoms with Gasteiger partial charge in [-0.15, -0.1) is 0 Å². The molecule has 1 amide bonds. The standard InChI is InChI=1S/C31H29F9N4O3/c1-2-22-15-25(24-14-19(29(32,33)34)3-4-26(24)44(22)28(45)46)42-27-18(12-23(16-41-27)43-5-7-47-8-6-43)9-17-10-20(30(35,36)37)13-21(11-17)31(38,39)40/h3-4,10-14,16,22,25H,2,5-9,15H2,1H3,(H,41,42)(H,45,46)/t22-,25+/m1/s1. The molecule has 0 radical (unpaired) electrons. The van der Waals surface area contributed by atoms with Crippen molar-refractivity contribution in [1.29, 1.82) is 0 Å². The van der Waals surface area contributed by atoms with Crippen molar-refractivity contribution in [2.75, 3.05) is 41.4 Å². The zero-order valence-corrected chi connectivity index (χ0v) is 24.7. The fourth-order valence-corrected chi connectivity index (χ4v) is 5.94. The number of aromatic nitrogens is 1. The number of nitrogens with zero attached hydrogens (tertiary/aromatic N) is 3. The van der Waals surface area contributed by atoms with Gasteiger partial charge in [-0.2, -0.15) is 39.5 Å². The molecule has 2 aliphatic rings. The highest BCUT2D eigenvalue weighted by atomic mass is 19.4. The van der Waals surface area contributed by atoms with Crippen LogP contribution in [-0.2, 0) is 29.7 Å². The van der Waals surface area contributed by atoms with E-state index in [2.05, 4.69) is 10.3 Å². The minimum absolute atomic E-state index is 0.00430. The van der Waals surface area contributed by atoms with Crippen molar-refractivity contribution in [2.24, 2.45) is 0 Å². The molecule has 2 N–H and O–H groups in total. The Kier molecular flexibility index (Phi) is 9.27. The zero-order chi connectivity index (χ0) is 34.3. The Morgan fingerprint density at radius 3 is 2.09 bits per heavy atom. The SMILES string of the molecule is CC[C@@H]1C[C@H](Nc2ncc(N3CCOCC3)cc2Cc2cc(C(F)(F)F)cc(C(F)(F)F)c2)c2cc(C(F)(F)F)ccc2N1C(=O)O. The van der Waals surface area contributed by atoms with Crippen LogP contribution in [0.1, 0.15) is 59.2 Å². The van der Waals surface area contributed by atoms with Gasteiger partial charge in [-0.25, -0.2) is 9.78 Å². The molecule has 0 saturated carbocycles. The van der Waals surface area contributed by atoms with Gasteiger partial charge in [0.2, 0.25) is 0 Å². The summed E-state index contributed by atoms with van der Waals surface area (Å²) >= 11 is 0. The number of rotatable bonds is 6. The van der Waals surface area contributed by atoms with E-state index in [0.29, 0.717) is 50.5 Å². The summed E-state index contributed by atoms with van der Waals surface area (Å²) in [5.74, 6) is 0.0139. The number of anilines is 3. The molecule has 1 fully saturated rings. The first kappa shape index (κ1) is 34.1. The lowest BCUT2D eigenvalue weighted by Gasteiger charge is -2.40. The Labute approximate surface area is 262 Å². The van der Waals surface area contributed by atoms with E-state index in [0.717, 1.165) is 23.1 Å². The summed E-state index contributed by atoms with van der Waals surface area (Å²) in [6.45, 7) is 3.33. The van der Waals surface area contributed by atoms with E-state index in [9.17, 15) is 49.4 Å². The molecule has 254 valence electrons. The van der Waals surface area contributed by atoms with Crippen molar-refractivity contribution >= 4 is 23.3 Å². The maximum Gasteiger partial charge on any atom is 0.416 e. The van der Waals surface area contributed by atoms with Crippen molar-refractivity contribution < 1.29 is 54.2 Å². The normalized spacial score (nSPS) is 19.0. The van der Waals surface area contributed by atoms with E-state index in [1.54, 1.807) is 13.0 Å². The summed E-state index contributed by atoms with van der Waals surface area (Å²) in [6.07, 6.45) is -15.0. The summed E-state index contributed by atoms with van der Waals surface area (Å²) in [4.78, 5) is 19.5. The van der Waals surface area contributed by atoms with Crippen LogP contribution in [0.15, 0.2) is 48.7 Å². The molecule has 0 spiro atoms. The van der Waals surface area contributed by atoms with Crippen molar-refractivity contribution in [3.8, 4) is 0 Å². The maximum absolute atomic E-state index is 13.7. The highest BCUT2D eigenvalue weighted by Crippen LogP contribution is 2.44. The third kappa shape index (κ3) is 7.52. The molecule has 3 aromatic rings. The Morgan fingerprint density at radius 1 is 0.915 bits per heavy atom. The van der Waals surface area contributed by atoms with E-state index in [4.69, 9.17) is 4.74 Å². The van der Waals surface area contributed by atoms with E-state index >= 15 is 0 Å². The van der Waals surface area contributed by atoms with Gasteiger partial charge in [0, 0.05) is 31.1 Å². The van der Waals surface area contributed by atoms with Gasteiger partial charge in [0.25, 0.3) is 0 Å². The molecule has 16 heteroatoms. The Bertz CT molecular complexity index is 1590. The van der Waals surface area contributed by atoms with Gasteiger partial charge in [-0.3, -0.25) is 4.90 Å². The molecule has 5 rings (SSSR count). The number of amides is 1. The lowest BCUT2D eigenvalue weighted by molar-refractivity contribution is -0.143. The van der Waals surface area contributed by atoms with Gasteiger partial charge in [0.05, 0.1) is 53.5 Å². The van der Waals surface area contributed by atoms with Crippen LogP contribution < -0.4 is 15.1 Å². The second-order valence-corrected chi connectivity index (χ2v) is 11.3. The lowest BCUT2D eigenvalue weighted by Crippen LogP contribution is -2.45. The number of hydrogen-bond donors (Lipinski definition) is 2. The summed E-state index contributed by atoms with van der Waals surface area (Å²) in [5.41, 5.74) is -3.61. The molecule has 0 aliphatic carbocycles. The highest BCUT2D eigenvalue weighted by Gasteiger charge is 2.40. The molecular weight excluding hydrogens is 647 g/mol. The summed E-state index contributed by atoms with van der Waals surface area (Å²) in [7, 11) is 0. The van der Waals surface area contributed by atoms with Gasteiger partial charge in [-0.05, 0) is 66.4 Å². The topological polar surface area (TPSA) is 77.9 Å². The third-order valence-corrected chi connectivity index (χ3v) is 8.22. The lowest BCUT2D eigenvalue weighted by atomic mass is 9.88. The molecule has 0 bridgehead atoms. The number of fused-ring (bicyclic) bond motifs is 1. The fourth-order valence-electron chi connectivity index (χ4n) is 5.94. The van der Waals surface area contributed by atoms with E-state index in [1.807, 2.05) is 4.90 Å². The predicted molar refractivity (Wildman–Crippen MR) is 154 cm³/mol. The molecule has 1 saturated heterocycles. The zero-order valence-electron chi connectivity index (χ0n) is 24.7. The van der Waals surface area contributed by atoms with E-state index < -0.39 is 59.8 Å². The van der Waals surface area contributed by atoms with Gasteiger partial charge >= 0.3 is 24.6 Å². The smallest absolute Gasteiger partial charge is 0.416 e. The van der Waals surface area contributed by atoms with Crippen molar-refractivity contribution in [2.45, 2.75) is 56.8 Å². The molecule has 47 heavy (non-hydrogen) atoms. The predicted octanol–water partition coefficient (Wildman–Crippen LogP) is 8.39. The number of morpholine rings is 1. The van der Waals surface area contributed by atoms with E-state index in [1.165, 1.54) is 6.20 Å². The number of nitrogens with one attached hydrogen (secondary N) is 1. The van der Waals surface area contributed by atoms with Crippen molar-refractivity contribution in [3.63, 3.8) is 0 Å². The first-order valence-electron chi connectivity index (χ1n) is 14.6. The largest absolute Gasteiger partial charge is 0.465 e. The number of halogens is 9. The highest BCUT2D eigenvalue weighted by molar-refractivity contribution is 5.89. The third-order valence-electron chi connectivity index (χ3n) is 8.22. The number of carboxylic acid groups (broad SMARTS) is 1.